The van der Waals surface area contributed by atoms with E-state index in [0.29, 0.717) is 30.5 Å². The first-order valence-electron chi connectivity index (χ1n) is 6.30. The number of carbonyl (C=O) groups excluding carboxylic acids is 1. The van der Waals surface area contributed by atoms with Crippen molar-refractivity contribution in [1.82, 2.24) is 5.32 Å². The molecule has 0 heterocycles. The molecule has 0 aromatic heterocycles. The Kier molecular flexibility index (Phi) is 7.18. The molecule has 0 aliphatic rings. The van der Waals surface area contributed by atoms with E-state index < -0.39 is 8.80 Å². The normalized spacial score (nSPS) is 11.4. The molecule has 0 aliphatic heterocycles. The van der Waals surface area contributed by atoms with Gasteiger partial charge in [0.2, 0.25) is 0 Å². The molecule has 2 N–H and O–H groups in total. The predicted octanol–water partition coefficient (Wildman–Crippen LogP) is 1.77. The Bertz CT molecular complexity index is 423. The Labute approximate surface area is 125 Å². The zero-order chi connectivity index (χ0) is 15.0. The van der Waals surface area contributed by atoms with Gasteiger partial charge in [-0.3, -0.25) is 4.79 Å². The number of benzene rings is 1. The van der Waals surface area contributed by atoms with Gasteiger partial charge in [-0.05, 0) is 24.1 Å². The maximum atomic E-state index is 11.9. The smallest absolute Gasteiger partial charge is 0.390 e. The highest BCUT2D eigenvalue weighted by Crippen LogP contribution is 2.10. The summed E-state index contributed by atoms with van der Waals surface area (Å²) in [5.74, 6) is 0.283. The molecule has 1 aromatic rings. The van der Waals surface area contributed by atoms with E-state index in [-0.39, 0.29) is 5.91 Å². The minimum atomic E-state index is -3.03. The Balaban J connectivity index is 2.36. The van der Waals surface area contributed by atoms with Crippen LogP contribution in [0.4, 0.5) is 0 Å². The van der Waals surface area contributed by atoms with Crippen LogP contribution in [0.3, 0.4) is 0 Å². The van der Waals surface area contributed by atoms with Crippen LogP contribution in [0.2, 0.25) is 6.04 Å². The quantitative estimate of drug-likeness (QED) is 0.435. The third-order valence-electron chi connectivity index (χ3n) is 2.96. The maximum absolute atomic E-state index is 11.9. The summed E-state index contributed by atoms with van der Waals surface area (Å²) in [5, 5.41) is 2.79. The molecule has 20 heavy (non-hydrogen) atoms. The lowest BCUT2D eigenvalue weighted by atomic mass is 10.1. The van der Waals surface area contributed by atoms with Gasteiger partial charge in [-0.1, -0.05) is 12.1 Å². The predicted molar refractivity (Wildman–Crippen MR) is 79.7 cm³/mol. The number of halogens is 1. The molecule has 0 spiro atoms. The van der Waals surface area contributed by atoms with E-state index in [1.807, 2.05) is 12.1 Å². The van der Waals surface area contributed by atoms with Gasteiger partial charge in [-0.2, -0.15) is 0 Å². The second-order valence-electron chi connectivity index (χ2n) is 4.31. The highest BCUT2D eigenvalue weighted by molar-refractivity contribution is 6.59. The van der Waals surface area contributed by atoms with Crippen LogP contribution in [0.1, 0.15) is 22.3 Å². The van der Waals surface area contributed by atoms with Crippen LogP contribution in [0.5, 0.6) is 0 Å². The third kappa shape index (κ3) is 5.22. The molecule has 0 unspecified atom stereocenters. The van der Waals surface area contributed by atoms with Crippen molar-refractivity contribution in [3.8, 4) is 0 Å². The van der Waals surface area contributed by atoms with E-state index in [4.69, 9.17) is 20.5 Å². The highest BCUT2D eigenvalue weighted by atomic mass is 35.5. The van der Waals surface area contributed by atoms with Crippen LogP contribution < -0.4 is 5.32 Å². The second-order valence-corrected chi connectivity index (χ2v) is 7.32. The monoisotopic (exact) mass is 317 g/mol. The molecule has 0 aliphatic carbocycles. The summed E-state index contributed by atoms with van der Waals surface area (Å²) in [6.07, 6.45) is 0.593. The van der Waals surface area contributed by atoms with Crippen LogP contribution in [0.15, 0.2) is 24.3 Å². The third-order valence-corrected chi connectivity index (χ3v) is 5.53. The number of amides is 1. The number of carbonyl (C=O) groups is 1. The van der Waals surface area contributed by atoms with E-state index in [9.17, 15) is 9.59 Å². The standard InChI is InChI=1S/C13H20ClNO4Si/c1-18-20(17,19-2)9-3-8-15-13(16)12-6-4-11(10-14)5-7-12/h4-7,17H,3,8-10H2,1-2H3,(H,15,16). The molecular formula is C13H20ClNO4Si. The van der Waals surface area contributed by atoms with Crippen molar-refractivity contribution in [2.45, 2.75) is 18.3 Å². The number of hydrogen-bond donors (Lipinski definition) is 2. The Morgan fingerprint density at radius 2 is 1.90 bits per heavy atom. The Hall–Kier alpha value is -0.923. The molecule has 7 heteroatoms. The van der Waals surface area contributed by atoms with Crippen LogP contribution in [-0.4, -0.2) is 40.3 Å². The molecule has 0 atom stereocenters. The minimum absolute atomic E-state index is 0.147. The van der Waals surface area contributed by atoms with Gasteiger partial charge in [-0.15, -0.1) is 11.6 Å². The Morgan fingerprint density at radius 3 is 2.40 bits per heavy atom. The number of rotatable bonds is 8. The number of hydrogen-bond acceptors (Lipinski definition) is 4. The van der Waals surface area contributed by atoms with Gasteiger partial charge >= 0.3 is 8.80 Å². The van der Waals surface area contributed by atoms with Crippen molar-refractivity contribution in [2.75, 3.05) is 20.8 Å². The topological polar surface area (TPSA) is 67.8 Å². The van der Waals surface area contributed by atoms with Gasteiger partial charge in [0.05, 0.1) is 0 Å². The van der Waals surface area contributed by atoms with Crippen LogP contribution in [0, 0.1) is 0 Å². The summed E-state index contributed by atoms with van der Waals surface area (Å²) in [6, 6.07) is 7.53. The largest absolute Gasteiger partial charge is 0.497 e. The first-order valence-corrected chi connectivity index (χ1v) is 8.81. The molecule has 5 nitrogen and oxygen atoms in total. The molecule has 1 aromatic carbocycles. The van der Waals surface area contributed by atoms with Crippen LogP contribution in [0.25, 0.3) is 0 Å². The lowest BCUT2D eigenvalue weighted by molar-refractivity contribution is 0.0951. The lowest BCUT2D eigenvalue weighted by Gasteiger charge is -2.19. The van der Waals surface area contributed by atoms with Gasteiger partial charge in [-0.25, -0.2) is 0 Å². The minimum Gasteiger partial charge on any atom is -0.390 e. The van der Waals surface area contributed by atoms with E-state index in [1.54, 1.807) is 12.1 Å². The molecule has 0 radical (unpaired) electrons. The van der Waals surface area contributed by atoms with Crippen molar-refractivity contribution in [3.63, 3.8) is 0 Å². The summed E-state index contributed by atoms with van der Waals surface area (Å²) < 4.78 is 9.90. The SMILES string of the molecule is CO[Si](O)(CCCNC(=O)c1ccc(CCl)cc1)OC. The summed E-state index contributed by atoms with van der Waals surface area (Å²) >= 11 is 5.69. The van der Waals surface area contributed by atoms with Crippen LogP contribution >= 0.6 is 11.6 Å². The van der Waals surface area contributed by atoms with Gasteiger partial charge < -0.3 is 19.0 Å². The zero-order valence-corrected chi connectivity index (χ0v) is 13.4. The second kappa shape index (κ2) is 8.38. The van der Waals surface area contributed by atoms with Gasteiger partial charge in [0, 0.05) is 38.3 Å². The average Bonchev–Trinajstić information content (AvgIpc) is 2.51. The molecule has 1 amide bonds. The summed E-state index contributed by atoms with van der Waals surface area (Å²) in [4.78, 5) is 21.7. The summed E-state index contributed by atoms with van der Waals surface area (Å²) in [6.45, 7) is 0.456. The van der Waals surface area contributed by atoms with Gasteiger partial charge in [0.1, 0.15) is 0 Å². The molecule has 0 bridgehead atoms. The summed E-state index contributed by atoms with van der Waals surface area (Å²) in [5.41, 5.74) is 1.56. The van der Waals surface area contributed by atoms with Gasteiger partial charge in [0.25, 0.3) is 5.91 Å². The van der Waals surface area contributed by atoms with Crippen molar-refractivity contribution in [1.29, 1.82) is 0 Å². The fraction of sp³-hybridized carbons (Fsp3) is 0.462. The summed E-state index contributed by atoms with van der Waals surface area (Å²) in [7, 11) is -0.180. The molecule has 0 saturated carbocycles. The molecule has 0 saturated heterocycles. The van der Waals surface area contributed by atoms with E-state index >= 15 is 0 Å². The first kappa shape index (κ1) is 17.1. The zero-order valence-electron chi connectivity index (χ0n) is 11.7. The fourth-order valence-corrected chi connectivity index (χ4v) is 3.03. The molecule has 0 fully saturated rings. The van der Waals surface area contributed by atoms with Crippen molar-refractivity contribution in [2.24, 2.45) is 0 Å². The number of nitrogens with one attached hydrogen (secondary N) is 1. The van der Waals surface area contributed by atoms with Crippen molar-refractivity contribution < 1.29 is 18.4 Å². The van der Waals surface area contributed by atoms with Crippen molar-refractivity contribution in [3.05, 3.63) is 35.4 Å². The van der Waals surface area contributed by atoms with Crippen LogP contribution in [-0.2, 0) is 14.7 Å². The molecule has 1 rings (SSSR count). The van der Waals surface area contributed by atoms with Gasteiger partial charge in [0.15, 0.2) is 0 Å². The highest BCUT2D eigenvalue weighted by Gasteiger charge is 2.33. The fourth-order valence-electron chi connectivity index (χ4n) is 1.65. The lowest BCUT2D eigenvalue weighted by Crippen LogP contribution is -2.40. The number of alkyl halides is 1. The average molecular weight is 318 g/mol. The Morgan fingerprint density at radius 1 is 1.30 bits per heavy atom. The first-order chi connectivity index (χ1) is 9.54. The molecular weight excluding hydrogens is 298 g/mol. The van der Waals surface area contributed by atoms with E-state index in [1.165, 1.54) is 14.2 Å². The van der Waals surface area contributed by atoms with E-state index in [0.717, 1.165) is 5.56 Å². The van der Waals surface area contributed by atoms with E-state index in [2.05, 4.69) is 5.32 Å². The maximum Gasteiger partial charge on any atom is 0.497 e. The molecule has 112 valence electrons. The van der Waals surface area contributed by atoms with Crippen molar-refractivity contribution >= 4 is 26.3 Å².